The second-order valence-electron chi connectivity index (χ2n) is 3.65. The quantitative estimate of drug-likeness (QED) is 0.708. The highest BCUT2D eigenvalue weighted by Gasteiger charge is 2.32. The summed E-state index contributed by atoms with van der Waals surface area (Å²) < 4.78 is 13.3. The molecule has 1 saturated heterocycles. The van der Waals surface area contributed by atoms with E-state index in [2.05, 4.69) is 0 Å². The van der Waals surface area contributed by atoms with E-state index in [-0.39, 0.29) is 23.5 Å². The summed E-state index contributed by atoms with van der Waals surface area (Å²) in [5.74, 6) is -0.146. The standard InChI is InChI=1S/C11H11ClFNO/c12-5-11(15)14-6-8(7-14)9-3-1-2-4-10(9)13/h1-4,8H,5-7H2. The van der Waals surface area contributed by atoms with Gasteiger partial charge in [-0.25, -0.2) is 4.39 Å². The number of hydrogen-bond acceptors (Lipinski definition) is 1. The molecule has 0 atom stereocenters. The van der Waals surface area contributed by atoms with E-state index < -0.39 is 0 Å². The summed E-state index contributed by atoms with van der Waals surface area (Å²) in [5, 5.41) is 0. The van der Waals surface area contributed by atoms with Gasteiger partial charge in [0.05, 0.1) is 0 Å². The minimum Gasteiger partial charge on any atom is -0.340 e. The Morgan fingerprint density at radius 2 is 2.13 bits per heavy atom. The molecule has 0 aliphatic carbocycles. The van der Waals surface area contributed by atoms with Gasteiger partial charge in [-0.15, -0.1) is 11.6 Å². The van der Waals surface area contributed by atoms with Gasteiger partial charge in [-0.1, -0.05) is 18.2 Å². The Morgan fingerprint density at radius 1 is 1.47 bits per heavy atom. The highest BCUT2D eigenvalue weighted by molar-refractivity contribution is 6.27. The third-order valence-electron chi connectivity index (χ3n) is 2.69. The molecule has 4 heteroatoms. The lowest BCUT2D eigenvalue weighted by Gasteiger charge is -2.39. The minimum absolute atomic E-state index is 0.00396. The smallest absolute Gasteiger partial charge is 0.237 e. The maximum absolute atomic E-state index is 13.3. The molecule has 80 valence electrons. The number of halogens is 2. The van der Waals surface area contributed by atoms with Crippen LogP contribution in [0.2, 0.25) is 0 Å². The summed E-state index contributed by atoms with van der Waals surface area (Å²) in [4.78, 5) is 12.8. The van der Waals surface area contributed by atoms with Crippen molar-refractivity contribution in [1.82, 2.24) is 4.90 Å². The average molecular weight is 228 g/mol. The van der Waals surface area contributed by atoms with Crippen molar-refractivity contribution < 1.29 is 9.18 Å². The van der Waals surface area contributed by atoms with Crippen LogP contribution in [0.5, 0.6) is 0 Å². The average Bonchev–Trinajstić information content (AvgIpc) is 2.18. The van der Waals surface area contributed by atoms with E-state index in [4.69, 9.17) is 11.6 Å². The van der Waals surface area contributed by atoms with Crippen molar-refractivity contribution in [2.45, 2.75) is 5.92 Å². The molecule has 0 unspecified atom stereocenters. The van der Waals surface area contributed by atoms with E-state index in [9.17, 15) is 9.18 Å². The van der Waals surface area contributed by atoms with Crippen molar-refractivity contribution in [1.29, 1.82) is 0 Å². The number of carbonyl (C=O) groups excluding carboxylic acids is 1. The fraction of sp³-hybridized carbons (Fsp3) is 0.364. The first-order chi connectivity index (χ1) is 7.22. The molecule has 0 aromatic heterocycles. The first-order valence-corrected chi connectivity index (χ1v) is 5.34. The van der Waals surface area contributed by atoms with E-state index in [0.29, 0.717) is 18.7 Å². The van der Waals surface area contributed by atoms with Gasteiger partial charge < -0.3 is 4.90 Å². The van der Waals surface area contributed by atoms with Crippen LogP contribution in [0.1, 0.15) is 11.5 Å². The van der Waals surface area contributed by atoms with E-state index in [0.717, 1.165) is 0 Å². The van der Waals surface area contributed by atoms with Crippen LogP contribution < -0.4 is 0 Å². The van der Waals surface area contributed by atoms with Gasteiger partial charge in [0.25, 0.3) is 0 Å². The number of alkyl halides is 1. The van der Waals surface area contributed by atoms with Gasteiger partial charge >= 0.3 is 0 Å². The zero-order chi connectivity index (χ0) is 10.8. The lowest BCUT2D eigenvalue weighted by Crippen LogP contribution is -2.49. The number of likely N-dealkylation sites (tertiary alicyclic amines) is 1. The molecule has 0 bridgehead atoms. The highest BCUT2D eigenvalue weighted by atomic mass is 35.5. The van der Waals surface area contributed by atoms with Crippen LogP contribution in [0.4, 0.5) is 4.39 Å². The molecule has 1 fully saturated rings. The molecule has 2 nitrogen and oxygen atoms in total. The molecule has 1 aliphatic heterocycles. The van der Waals surface area contributed by atoms with Gasteiger partial charge in [0, 0.05) is 19.0 Å². The maximum Gasteiger partial charge on any atom is 0.237 e. The van der Waals surface area contributed by atoms with Crippen molar-refractivity contribution in [2.75, 3.05) is 19.0 Å². The van der Waals surface area contributed by atoms with Crippen LogP contribution in [-0.2, 0) is 4.79 Å². The SMILES string of the molecule is O=C(CCl)N1CC(c2ccccc2F)C1. The van der Waals surface area contributed by atoms with Gasteiger partial charge in [-0.05, 0) is 11.6 Å². The first-order valence-electron chi connectivity index (χ1n) is 4.80. The van der Waals surface area contributed by atoms with Crippen LogP contribution in [0.3, 0.4) is 0 Å². The predicted molar refractivity (Wildman–Crippen MR) is 56.4 cm³/mol. The van der Waals surface area contributed by atoms with Gasteiger partial charge in [0.15, 0.2) is 0 Å². The second-order valence-corrected chi connectivity index (χ2v) is 3.92. The van der Waals surface area contributed by atoms with Crippen molar-refractivity contribution in [3.05, 3.63) is 35.6 Å². The van der Waals surface area contributed by atoms with E-state index in [1.807, 2.05) is 6.07 Å². The molecular weight excluding hydrogens is 217 g/mol. The van der Waals surface area contributed by atoms with Crippen molar-refractivity contribution >= 4 is 17.5 Å². The van der Waals surface area contributed by atoms with Crippen LogP contribution in [-0.4, -0.2) is 29.8 Å². The zero-order valence-electron chi connectivity index (χ0n) is 8.12. The Kier molecular flexibility index (Phi) is 2.91. The summed E-state index contributed by atoms with van der Waals surface area (Å²) >= 11 is 5.42. The van der Waals surface area contributed by atoms with E-state index in [1.54, 1.807) is 17.0 Å². The van der Waals surface area contributed by atoms with Gasteiger partial charge in [0.2, 0.25) is 5.91 Å². The van der Waals surface area contributed by atoms with Crippen LogP contribution in [0, 0.1) is 5.82 Å². The van der Waals surface area contributed by atoms with Gasteiger partial charge in [0.1, 0.15) is 11.7 Å². The number of hydrogen-bond donors (Lipinski definition) is 0. The Balaban J connectivity index is 2.00. The van der Waals surface area contributed by atoms with Crippen LogP contribution in [0.15, 0.2) is 24.3 Å². The number of amides is 1. The molecule has 0 saturated carbocycles. The summed E-state index contributed by atoms with van der Waals surface area (Å²) in [6, 6.07) is 6.69. The third kappa shape index (κ3) is 1.97. The van der Waals surface area contributed by atoms with Crippen LogP contribution >= 0.6 is 11.6 Å². The molecule has 1 aromatic rings. The highest BCUT2D eigenvalue weighted by Crippen LogP contribution is 2.28. The summed E-state index contributed by atoms with van der Waals surface area (Å²) in [6.45, 7) is 1.15. The molecule has 2 rings (SSSR count). The molecular formula is C11H11ClFNO. The minimum atomic E-state index is -0.194. The molecule has 1 heterocycles. The summed E-state index contributed by atoms with van der Waals surface area (Å²) in [6.07, 6.45) is 0. The van der Waals surface area contributed by atoms with Gasteiger partial charge in [-0.3, -0.25) is 4.79 Å². The summed E-state index contributed by atoms with van der Waals surface area (Å²) in [5.41, 5.74) is 0.691. The first kappa shape index (κ1) is 10.4. The molecule has 15 heavy (non-hydrogen) atoms. The fourth-order valence-electron chi connectivity index (χ4n) is 1.77. The van der Waals surface area contributed by atoms with Crippen molar-refractivity contribution in [3.8, 4) is 0 Å². The molecule has 0 N–H and O–H groups in total. The third-order valence-corrected chi connectivity index (χ3v) is 2.92. The van der Waals surface area contributed by atoms with Gasteiger partial charge in [-0.2, -0.15) is 0 Å². The Bertz CT molecular complexity index is 377. The number of benzene rings is 1. The largest absolute Gasteiger partial charge is 0.340 e. The zero-order valence-corrected chi connectivity index (χ0v) is 8.88. The monoisotopic (exact) mass is 227 g/mol. The molecule has 0 radical (unpaired) electrons. The lowest BCUT2D eigenvalue weighted by atomic mass is 9.91. The molecule has 1 aromatic carbocycles. The number of rotatable bonds is 2. The molecule has 0 spiro atoms. The Labute approximate surface area is 92.6 Å². The van der Waals surface area contributed by atoms with Crippen molar-refractivity contribution in [3.63, 3.8) is 0 Å². The van der Waals surface area contributed by atoms with E-state index in [1.165, 1.54) is 6.07 Å². The Morgan fingerprint density at radius 3 is 2.73 bits per heavy atom. The summed E-state index contributed by atoms with van der Waals surface area (Å²) in [7, 11) is 0. The topological polar surface area (TPSA) is 20.3 Å². The second kappa shape index (κ2) is 4.19. The van der Waals surface area contributed by atoms with Crippen molar-refractivity contribution in [2.24, 2.45) is 0 Å². The number of carbonyl (C=O) groups is 1. The molecule has 1 aliphatic rings. The van der Waals surface area contributed by atoms with E-state index >= 15 is 0 Å². The lowest BCUT2D eigenvalue weighted by molar-refractivity contribution is -0.132. The normalized spacial score (nSPS) is 16.3. The predicted octanol–water partition coefficient (Wildman–Crippen LogP) is 1.99. The Hall–Kier alpha value is -1.09. The maximum atomic E-state index is 13.3. The molecule has 1 amide bonds. The fourth-order valence-corrected chi connectivity index (χ4v) is 1.94. The van der Waals surface area contributed by atoms with Crippen LogP contribution in [0.25, 0.3) is 0 Å². The number of nitrogens with zero attached hydrogens (tertiary/aromatic N) is 1.